The number of carbonyl (C=O) groups excluding carboxylic acids is 1. The maximum Gasteiger partial charge on any atom is 0.410 e. The van der Waals surface area contributed by atoms with Gasteiger partial charge in [-0.25, -0.2) is 4.79 Å². The van der Waals surface area contributed by atoms with Gasteiger partial charge in [-0.3, -0.25) is 0 Å². The molecule has 3 heteroatoms. The molecule has 1 aliphatic heterocycles. The molecule has 0 aliphatic carbocycles. The number of nitrogens with zero attached hydrogens (tertiary/aromatic N) is 1. The highest BCUT2D eigenvalue weighted by atomic mass is 16.6. The van der Waals surface area contributed by atoms with Crippen LogP contribution in [0, 0.1) is 5.92 Å². The van der Waals surface area contributed by atoms with E-state index in [0.717, 1.165) is 19.5 Å². The Morgan fingerprint density at radius 3 is 2.65 bits per heavy atom. The average molecular weight is 241 g/mol. The summed E-state index contributed by atoms with van der Waals surface area (Å²) >= 11 is 0. The lowest BCUT2D eigenvalue weighted by Gasteiger charge is -2.24. The van der Waals surface area contributed by atoms with Gasteiger partial charge in [-0.15, -0.1) is 0 Å². The number of hydrogen-bond donors (Lipinski definition) is 0. The summed E-state index contributed by atoms with van der Waals surface area (Å²) in [6.45, 7) is 9.73. The number of ether oxygens (including phenoxy) is 1. The lowest BCUT2D eigenvalue weighted by atomic mass is 10.0. The van der Waals surface area contributed by atoms with Crippen molar-refractivity contribution in [2.75, 3.05) is 13.1 Å². The van der Waals surface area contributed by atoms with Crippen LogP contribution in [0.15, 0.2) is 0 Å². The minimum absolute atomic E-state index is 0.143. The summed E-state index contributed by atoms with van der Waals surface area (Å²) in [5.41, 5.74) is -0.378. The monoisotopic (exact) mass is 241 g/mol. The quantitative estimate of drug-likeness (QED) is 0.700. The van der Waals surface area contributed by atoms with E-state index in [1.54, 1.807) is 0 Å². The van der Waals surface area contributed by atoms with Crippen molar-refractivity contribution >= 4 is 6.09 Å². The van der Waals surface area contributed by atoms with Crippen molar-refractivity contribution in [2.45, 2.75) is 65.4 Å². The van der Waals surface area contributed by atoms with E-state index in [9.17, 15) is 4.79 Å². The lowest BCUT2D eigenvalue weighted by Crippen LogP contribution is -2.35. The van der Waals surface area contributed by atoms with Crippen LogP contribution in [0.1, 0.15) is 59.8 Å². The number of amides is 1. The van der Waals surface area contributed by atoms with E-state index in [1.165, 1.54) is 25.7 Å². The third-order valence-corrected chi connectivity index (χ3v) is 3.15. The van der Waals surface area contributed by atoms with Gasteiger partial charge in [0.1, 0.15) is 5.60 Å². The van der Waals surface area contributed by atoms with Crippen molar-refractivity contribution in [3.63, 3.8) is 0 Å². The van der Waals surface area contributed by atoms with E-state index < -0.39 is 0 Å². The van der Waals surface area contributed by atoms with Gasteiger partial charge in [0.05, 0.1) is 0 Å². The zero-order valence-electron chi connectivity index (χ0n) is 11.8. The lowest BCUT2D eigenvalue weighted by molar-refractivity contribution is 0.0287. The standard InChI is InChI=1S/C14H27NO2/c1-5-6-7-8-12-9-10-15(11-12)13(16)17-14(2,3)4/h12H,5-11H2,1-4H3. The summed E-state index contributed by atoms with van der Waals surface area (Å²) in [4.78, 5) is 13.7. The van der Waals surface area contributed by atoms with Gasteiger partial charge in [-0.2, -0.15) is 0 Å². The first kappa shape index (κ1) is 14.3. The van der Waals surface area contributed by atoms with Crippen molar-refractivity contribution in [3.8, 4) is 0 Å². The molecule has 17 heavy (non-hydrogen) atoms. The molecule has 1 aliphatic rings. The second-order valence-corrected chi connectivity index (χ2v) is 6.08. The maximum atomic E-state index is 11.8. The van der Waals surface area contributed by atoms with Gasteiger partial charge in [-0.1, -0.05) is 26.2 Å². The normalized spacial score (nSPS) is 20.7. The number of unbranched alkanes of at least 4 members (excludes halogenated alkanes) is 2. The zero-order valence-corrected chi connectivity index (χ0v) is 11.8. The van der Waals surface area contributed by atoms with Crippen LogP contribution in [-0.2, 0) is 4.74 Å². The van der Waals surface area contributed by atoms with Crippen molar-refractivity contribution in [3.05, 3.63) is 0 Å². The fraction of sp³-hybridized carbons (Fsp3) is 0.929. The Morgan fingerprint density at radius 1 is 1.35 bits per heavy atom. The van der Waals surface area contributed by atoms with Crippen LogP contribution in [0.3, 0.4) is 0 Å². The Kier molecular flexibility index (Phi) is 5.29. The Bertz CT molecular complexity index is 245. The van der Waals surface area contributed by atoms with E-state index in [2.05, 4.69) is 6.92 Å². The second-order valence-electron chi connectivity index (χ2n) is 6.08. The molecule has 1 heterocycles. The smallest absolute Gasteiger partial charge is 0.410 e. The second kappa shape index (κ2) is 6.27. The molecule has 1 amide bonds. The van der Waals surface area contributed by atoms with Crippen molar-refractivity contribution < 1.29 is 9.53 Å². The van der Waals surface area contributed by atoms with Gasteiger partial charge in [0.15, 0.2) is 0 Å². The van der Waals surface area contributed by atoms with Crippen LogP contribution in [0.25, 0.3) is 0 Å². The molecule has 0 N–H and O–H groups in total. The van der Waals surface area contributed by atoms with Gasteiger partial charge >= 0.3 is 6.09 Å². The summed E-state index contributed by atoms with van der Waals surface area (Å²) < 4.78 is 5.38. The van der Waals surface area contributed by atoms with Crippen molar-refractivity contribution in [1.82, 2.24) is 4.90 Å². The Balaban J connectivity index is 2.27. The van der Waals surface area contributed by atoms with Gasteiger partial charge < -0.3 is 9.64 Å². The number of rotatable bonds is 4. The van der Waals surface area contributed by atoms with E-state index in [-0.39, 0.29) is 11.7 Å². The van der Waals surface area contributed by atoms with Crippen LogP contribution >= 0.6 is 0 Å². The van der Waals surface area contributed by atoms with Gasteiger partial charge in [0.2, 0.25) is 0 Å². The van der Waals surface area contributed by atoms with Crippen LogP contribution in [-0.4, -0.2) is 29.7 Å². The summed E-state index contributed by atoms with van der Waals surface area (Å²) in [7, 11) is 0. The van der Waals surface area contributed by atoms with Crippen LogP contribution in [0.5, 0.6) is 0 Å². The molecule has 0 spiro atoms. The molecule has 0 radical (unpaired) electrons. The Hall–Kier alpha value is -0.730. The molecule has 1 rings (SSSR count). The van der Waals surface area contributed by atoms with E-state index in [4.69, 9.17) is 4.74 Å². The number of likely N-dealkylation sites (tertiary alicyclic amines) is 1. The summed E-state index contributed by atoms with van der Waals surface area (Å²) in [5, 5.41) is 0. The Morgan fingerprint density at radius 2 is 2.06 bits per heavy atom. The molecular weight excluding hydrogens is 214 g/mol. The molecule has 0 aromatic carbocycles. The molecule has 1 saturated heterocycles. The topological polar surface area (TPSA) is 29.5 Å². The summed E-state index contributed by atoms with van der Waals surface area (Å²) in [6, 6.07) is 0. The minimum atomic E-state index is -0.378. The first-order valence-corrected chi connectivity index (χ1v) is 6.90. The molecule has 0 aromatic rings. The molecular formula is C14H27NO2. The largest absolute Gasteiger partial charge is 0.444 e. The summed E-state index contributed by atoms with van der Waals surface area (Å²) in [6.07, 6.45) is 6.13. The van der Waals surface area contributed by atoms with E-state index >= 15 is 0 Å². The zero-order chi connectivity index (χ0) is 12.9. The van der Waals surface area contributed by atoms with Crippen LogP contribution < -0.4 is 0 Å². The highest BCUT2D eigenvalue weighted by Gasteiger charge is 2.29. The van der Waals surface area contributed by atoms with Crippen molar-refractivity contribution in [2.24, 2.45) is 5.92 Å². The molecule has 1 fully saturated rings. The average Bonchev–Trinajstić information content (AvgIpc) is 2.64. The highest BCUT2D eigenvalue weighted by Crippen LogP contribution is 2.23. The molecule has 0 bridgehead atoms. The molecule has 100 valence electrons. The minimum Gasteiger partial charge on any atom is -0.444 e. The molecule has 1 atom stereocenters. The predicted molar refractivity (Wildman–Crippen MR) is 70.1 cm³/mol. The van der Waals surface area contributed by atoms with Crippen molar-refractivity contribution in [1.29, 1.82) is 0 Å². The maximum absolute atomic E-state index is 11.8. The van der Waals surface area contributed by atoms with Gasteiger partial charge in [-0.05, 0) is 39.5 Å². The van der Waals surface area contributed by atoms with Crippen LogP contribution in [0.4, 0.5) is 4.79 Å². The molecule has 0 saturated carbocycles. The first-order valence-electron chi connectivity index (χ1n) is 6.90. The fourth-order valence-electron chi connectivity index (χ4n) is 2.24. The van der Waals surface area contributed by atoms with E-state index in [0.29, 0.717) is 5.92 Å². The van der Waals surface area contributed by atoms with E-state index in [1.807, 2.05) is 25.7 Å². The Labute approximate surface area is 106 Å². The SMILES string of the molecule is CCCCCC1CCN(C(=O)OC(C)(C)C)C1. The van der Waals surface area contributed by atoms with Gasteiger partial charge in [0, 0.05) is 13.1 Å². The fourth-order valence-corrected chi connectivity index (χ4v) is 2.24. The molecule has 0 aromatic heterocycles. The highest BCUT2D eigenvalue weighted by molar-refractivity contribution is 5.68. The van der Waals surface area contributed by atoms with Crippen LogP contribution in [0.2, 0.25) is 0 Å². The predicted octanol–water partition coefficient (Wildman–Crippen LogP) is 3.82. The van der Waals surface area contributed by atoms with Gasteiger partial charge in [0.25, 0.3) is 0 Å². The number of hydrogen-bond acceptors (Lipinski definition) is 2. The molecule has 3 nitrogen and oxygen atoms in total. The third-order valence-electron chi connectivity index (χ3n) is 3.15. The first-order chi connectivity index (χ1) is 7.92. The molecule has 1 unspecified atom stereocenters. The number of carbonyl (C=O) groups is 1. The summed E-state index contributed by atoms with van der Waals surface area (Å²) in [5.74, 6) is 0.689. The third kappa shape index (κ3) is 5.42.